The predicted molar refractivity (Wildman–Crippen MR) is 97.5 cm³/mol. The first kappa shape index (κ1) is 21.7. The minimum Gasteiger partial charge on any atom is -0.461 e. The van der Waals surface area contributed by atoms with Gasteiger partial charge in [0.15, 0.2) is 0 Å². The molecule has 9 heteroatoms. The predicted octanol–water partition coefficient (Wildman–Crippen LogP) is 6.27. The number of halogens is 6. The van der Waals surface area contributed by atoms with E-state index in [1.807, 2.05) is 30.5 Å². The molecule has 0 spiro atoms. The molecule has 0 unspecified atom stereocenters. The molecule has 0 aliphatic heterocycles. The van der Waals surface area contributed by atoms with E-state index in [0.29, 0.717) is 25.0 Å². The molecule has 0 saturated carbocycles. The third-order valence-electron chi connectivity index (χ3n) is 4.55. The van der Waals surface area contributed by atoms with Gasteiger partial charge in [-0.3, -0.25) is 4.79 Å². The first-order valence-electron chi connectivity index (χ1n) is 9.03. The van der Waals surface area contributed by atoms with Gasteiger partial charge in [0.2, 0.25) is 0 Å². The highest BCUT2D eigenvalue weighted by Gasteiger charge is 2.36. The Bertz CT molecular complexity index is 1000. The lowest BCUT2D eigenvalue weighted by atomic mass is 10.1. The molecule has 0 aliphatic carbocycles. The molecule has 3 nitrogen and oxygen atoms in total. The van der Waals surface area contributed by atoms with Crippen LogP contribution in [0.3, 0.4) is 0 Å². The number of para-hydroxylation sites is 1. The molecule has 1 heterocycles. The Morgan fingerprint density at radius 3 is 2.20 bits per heavy atom. The molecule has 0 atom stereocenters. The number of ether oxygens (including phenoxy) is 1. The van der Waals surface area contributed by atoms with Gasteiger partial charge in [-0.1, -0.05) is 18.2 Å². The second-order valence-corrected chi connectivity index (χ2v) is 6.79. The summed E-state index contributed by atoms with van der Waals surface area (Å²) in [5, 5.41) is 1.02. The summed E-state index contributed by atoms with van der Waals surface area (Å²) < 4.78 is 82.1. The molecule has 1 N–H and O–H groups in total. The summed E-state index contributed by atoms with van der Waals surface area (Å²) in [5.74, 6) is -0.694. The number of hydrogen-bond donors (Lipinski definition) is 1. The molecule has 0 fully saturated rings. The van der Waals surface area contributed by atoms with Crippen LogP contribution >= 0.6 is 0 Å². The van der Waals surface area contributed by atoms with E-state index in [-0.39, 0.29) is 18.1 Å². The first-order chi connectivity index (χ1) is 14.0. The average molecular weight is 429 g/mol. The van der Waals surface area contributed by atoms with Crippen molar-refractivity contribution in [1.29, 1.82) is 0 Å². The number of carbonyl (C=O) groups is 1. The number of esters is 1. The van der Waals surface area contributed by atoms with E-state index in [2.05, 4.69) is 4.98 Å². The zero-order valence-corrected chi connectivity index (χ0v) is 15.5. The number of rotatable bonds is 6. The van der Waals surface area contributed by atoms with Crippen LogP contribution in [0.5, 0.6) is 0 Å². The number of aryl methyl sites for hydroxylation is 1. The van der Waals surface area contributed by atoms with Crippen LogP contribution < -0.4 is 0 Å². The van der Waals surface area contributed by atoms with E-state index < -0.39 is 36.1 Å². The SMILES string of the molecule is O=C(CCCc1c[nH]c2ccccc12)OCc1cc(C(F)(F)F)cc(C(F)(F)F)c1. The highest BCUT2D eigenvalue weighted by Crippen LogP contribution is 2.36. The Balaban J connectivity index is 1.58. The molecule has 0 radical (unpaired) electrons. The molecule has 0 saturated heterocycles. The van der Waals surface area contributed by atoms with E-state index in [0.717, 1.165) is 16.5 Å². The zero-order valence-electron chi connectivity index (χ0n) is 15.5. The maximum Gasteiger partial charge on any atom is 0.416 e. The summed E-state index contributed by atoms with van der Waals surface area (Å²) >= 11 is 0. The van der Waals surface area contributed by atoms with Crippen LogP contribution in [0.2, 0.25) is 0 Å². The fraction of sp³-hybridized carbons (Fsp3) is 0.286. The number of H-pyrrole nitrogens is 1. The molecule has 1 aromatic heterocycles. The molecule has 0 bridgehead atoms. The fourth-order valence-electron chi connectivity index (χ4n) is 3.10. The summed E-state index contributed by atoms with van der Waals surface area (Å²) in [7, 11) is 0. The van der Waals surface area contributed by atoms with Gasteiger partial charge in [0.05, 0.1) is 11.1 Å². The second kappa shape index (κ2) is 8.41. The van der Waals surface area contributed by atoms with E-state index in [9.17, 15) is 31.1 Å². The van der Waals surface area contributed by atoms with Crippen LogP contribution in [0, 0.1) is 0 Å². The molecule has 30 heavy (non-hydrogen) atoms. The normalized spacial score (nSPS) is 12.3. The molecule has 3 aromatic rings. The second-order valence-electron chi connectivity index (χ2n) is 6.79. The van der Waals surface area contributed by atoms with Gasteiger partial charge < -0.3 is 9.72 Å². The van der Waals surface area contributed by atoms with Crippen LogP contribution in [0.1, 0.15) is 35.1 Å². The highest BCUT2D eigenvalue weighted by atomic mass is 19.4. The van der Waals surface area contributed by atoms with Crippen molar-refractivity contribution in [3.63, 3.8) is 0 Å². The molecular formula is C21H17F6NO2. The molecule has 0 amide bonds. The van der Waals surface area contributed by atoms with E-state index in [1.54, 1.807) is 0 Å². The van der Waals surface area contributed by atoms with Crippen LogP contribution in [0.4, 0.5) is 26.3 Å². The number of hydrogen-bond acceptors (Lipinski definition) is 2. The number of aromatic nitrogens is 1. The maximum absolute atomic E-state index is 12.9. The minimum atomic E-state index is -4.95. The molecule has 0 aliphatic rings. The summed E-state index contributed by atoms with van der Waals surface area (Å²) in [5.41, 5.74) is -1.29. The summed E-state index contributed by atoms with van der Waals surface area (Å²) in [6.07, 6.45) is -7.07. The summed E-state index contributed by atoms with van der Waals surface area (Å²) in [6.45, 7) is -0.668. The highest BCUT2D eigenvalue weighted by molar-refractivity contribution is 5.83. The van der Waals surface area contributed by atoms with Gasteiger partial charge in [0, 0.05) is 23.5 Å². The van der Waals surface area contributed by atoms with Gasteiger partial charge in [0.25, 0.3) is 0 Å². The van der Waals surface area contributed by atoms with Gasteiger partial charge in [-0.25, -0.2) is 0 Å². The van der Waals surface area contributed by atoms with Crippen LogP contribution in [-0.4, -0.2) is 11.0 Å². The Hall–Kier alpha value is -2.97. The molecule has 2 aromatic carbocycles. The topological polar surface area (TPSA) is 42.1 Å². The van der Waals surface area contributed by atoms with E-state index in [1.165, 1.54) is 0 Å². The van der Waals surface area contributed by atoms with Crippen molar-refractivity contribution < 1.29 is 35.9 Å². The van der Waals surface area contributed by atoms with E-state index >= 15 is 0 Å². The third-order valence-corrected chi connectivity index (χ3v) is 4.55. The van der Waals surface area contributed by atoms with Crippen molar-refractivity contribution >= 4 is 16.9 Å². The minimum absolute atomic E-state index is 0.00933. The van der Waals surface area contributed by atoms with Crippen molar-refractivity contribution in [3.05, 3.63) is 70.9 Å². The Morgan fingerprint density at radius 1 is 0.933 bits per heavy atom. The standard InChI is InChI=1S/C21H17F6NO2/c22-20(23,24)15-8-13(9-16(10-15)21(25,26)27)12-30-19(29)7-3-4-14-11-28-18-6-2-1-5-17(14)18/h1-2,5-6,8-11,28H,3-4,7,12H2. The monoisotopic (exact) mass is 429 g/mol. The smallest absolute Gasteiger partial charge is 0.416 e. The van der Waals surface area contributed by atoms with Crippen molar-refractivity contribution in [3.8, 4) is 0 Å². The Kier molecular flexibility index (Phi) is 6.09. The van der Waals surface area contributed by atoms with Crippen molar-refractivity contribution in [2.45, 2.75) is 38.2 Å². The van der Waals surface area contributed by atoms with Crippen LogP contribution in [-0.2, 0) is 34.9 Å². The number of carbonyl (C=O) groups excluding carboxylic acids is 1. The molecular weight excluding hydrogens is 412 g/mol. The third kappa shape index (κ3) is 5.34. The molecule has 160 valence electrons. The van der Waals surface area contributed by atoms with Crippen molar-refractivity contribution in [2.24, 2.45) is 0 Å². The summed E-state index contributed by atoms with van der Waals surface area (Å²) in [4.78, 5) is 15.0. The fourth-order valence-corrected chi connectivity index (χ4v) is 3.10. The molecule has 3 rings (SSSR count). The lowest BCUT2D eigenvalue weighted by molar-refractivity contribution is -0.145. The van der Waals surface area contributed by atoms with Crippen molar-refractivity contribution in [1.82, 2.24) is 4.98 Å². The average Bonchev–Trinajstić information content (AvgIpc) is 3.08. The van der Waals surface area contributed by atoms with Gasteiger partial charge in [-0.15, -0.1) is 0 Å². The quantitative estimate of drug-likeness (QED) is 0.371. The Morgan fingerprint density at radius 2 is 1.57 bits per heavy atom. The number of benzene rings is 2. The van der Waals surface area contributed by atoms with Gasteiger partial charge in [-0.05, 0) is 48.2 Å². The maximum atomic E-state index is 12.9. The Labute approximate surface area is 167 Å². The number of aromatic amines is 1. The van der Waals surface area contributed by atoms with Gasteiger partial charge in [0.1, 0.15) is 6.61 Å². The zero-order chi connectivity index (χ0) is 21.9. The lowest BCUT2D eigenvalue weighted by Crippen LogP contribution is -2.13. The van der Waals surface area contributed by atoms with Gasteiger partial charge >= 0.3 is 18.3 Å². The van der Waals surface area contributed by atoms with Crippen LogP contribution in [0.15, 0.2) is 48.7 Å². The number of fused-ring (bicyclic) bond motifs is 1. The number of alkyl halides is 6. The number of nitrogens with one attached hydrogen (secondary N) is 1. The van der Waals surface area contributed by atoms with E-state index in [4.69, 9.17) is 4.74 Å². The van der Waals surface area contributed by atoms with Crippen molar-refractivity contribution in [2.75, 3.05) is 0 Å². The lowest BCUT2D eigenvalue weighted by Gasteiger charge is -2.14. The van der Waals surface area contributed by atoms with Gasteiger partial charge in [-0.2, -0.15) is 26.3 Å². The largest absolute Gasteiger partial charge is 0.461 e. The summed E-state index contributed by atoms with van der Waals surface area (Å²) in [6, 6.07) is 8.76. The van der Waals surface area contributed by atoms with Crippen LogP contribution in [0.25, 0.3) is 10.9 Å². The first-order valence-corrected chi connectivity index (χ1v) is 9.03.